The molecule has 0 aliphatic rings. The van der Waals surface area contributed by atoms with Crippen LogP contribution in [0.1, 0.15) is 26.3 Å². The largest absolute Gasteiger partial charge is 0.360 e. The van der Waals surface area contributed by atoms with E-state index >= 15 is 0 Å². The number of carbonyl (C=O) groups excluding carboxylic acids is 1. The highest BCUT2D eigenvalue weighted by Gasteiger charge is 2.18. The smallest absolute Gasteiger partial charge is 0.292 e. The second-order valence-corrected chi connectivity index (χ2v) is 7.02. The van der Waals surface area contributed by atoms with Gasteiger partial charge >= 0.3 is 0 Å². The van der Waals surface area contributed by atoms with Crippen LogP contribution in [-0.2, 0) is 4.79 Å². The zero-order valence-electron chi connectivity index (χ0n) is 15.2. The van der Waals surface area contributed by atoms with Crippen LogP contribution in [0.15, 0.2) is 29.2 Å². The SMILES string of the molecule is CCN(CC(=O)NC(C)C)c1cnn(-c2ccc(C)c(Cl)c2)c(=O)c1Cl. The highest BCUT2D eigenvalue weighted by molar-refractivity contribution is 6.33. The zero-order chi connectivity index (χ0) is 19.4. The predicted molar refractivity (Wildman–Crippen MR) is 106 cm³/mol. The summed E-state index contributed by atoms with van der Waals surface area (Å²) in [5.74, 6) is -0.146. The molecule has 0 fully saturated rings. The van der Waals surface area contributed by atoms with E-state index in [-0.39, 0.29) is 23.5 Å². The number of anilines is 1. The molecule has 140 valence electrons. The number of rotatable bonds is 6. The van der Waals surface area contributed by atoms with E-state index in [1.54, 1.807) is 17.0 Å². The Balaban J connectivity index is 2.37. The molecule has 0 aliphatic carbocycles. The molecular weight excluding hydrogens is 375 g/mol. The van der Waals surface area contributed by atoms with Gasteiger partial charge in [-0.15, -0.1) is 0 Å². The maximum atomic E-state index is 12.7. The first-order chi connectivity index (χ1) is 12.2. The van der Waals surface area contributed by atoms with Gasteiger partial charge in [0.1, 0.15) is 5.02 Å². The van der Waals surface area contributed by atoms with Crippen molar-refractivity contribution in [1.29, 1.82) is 0 Å². The second kappa shape index (κ2) is 8.56. The van der Waals surface area contributed by atoms with Gasteiger partial charge in [-0.3, -0.25) is 9.59 Å². The van der Waals surface area contributed by atoms with Crippen molar-refractivity contribution < 1.29 is 4.79 Å². The number of nitrogens with one attached hydrogen (secondary N) is 1. The molecule has 8 heteroatoms. The first-order valence-electron chi connectivity index (χ1n) is 8.33. The molecule has 1 aromatic carbocycles. The molecule has 2 rings (SSSR count). The summed E-state index contributed by atoms with van der Waals surface area (Å²) >= 11 is 12.4. The summed E-state index contributed by atoms with van der Waals surface area (Å²) < 4.78 is 1.19. The normalized spacial score (nSPS) is 10.9. The lowest BCUT2D eigenvalue weighted by atomic mass is 10.2. The number of halogens is 2. The van der Waals surface area contributed by atoms with Gasteiger partial charge in [-0.25, -0.2) is 0 Å². The van der Waals surface area contributed by atoms with E-state index in [4.69, 9.17) is 23.2 Å². The minimum Gasteiger partial charge on any atom is -0.360 e. The summed E-state index contributed by atoms with van der Waals surface area (Å²) in [6.07, 6.45) is 1.49. The van der Waals surface area contributed by atoms with Crippen LogP contribution in [0, 0.1) is 6.92 Å². The Morgan fingerprint density at radius 1 is 1.35 bits per heavy atom. The lowest BCUT2D eigenvalue weighted by molar-refractivity contribution is -0.120. The monoisotopic (exact) mass is 396 g/mol. The minimum atomic E-state index is -0.466. The molecular formula is C18H22Cl2N4O2. The number of likely N-dealkylation sites (N-methyl/N-ethyl adjacent to an activating group) is 1. The van der Waals surface area contributed by atoms with Crippen LogP contribution in [0.4, 0.5) is 5.69 Å². The van der Waals surface area contributed by atoms with Gasteiger partial charge in [-0.1, -0.05) is 29.3 Å². The lowest BCUT2D eigenvalue weighted by Gasteiger charge is -2.23. The van der Waals surface area contributed by atoms with Crippen LogP contribution in [0.2, 0.25) is 10.0 Å². The van der Waals surface area contributed by atoms with Crippen LogP contribution < -0.4 is 15.8 Å². The number of benzene rings is 1. The summed E-state index contributed by atoms with van der Waals surface area (Å²) in [7, 11) is 0. The van der Waals surface area contributed by atoms with Crippen molar-refractivity contribution in [2.24, 2.45) is 0 Å². The molecule has 1 amide bonds. The third-order valence-electron chi connectivity index (χ3n) is 3.81. The van der Waals surface area contributed by atoms with Crippen LogP contribution in [0.25, 0.3) is 5.69 Å². The number of aromatic nitrogens is 2. The highest BCUT2D eigenvalue weighted by atomic mass is 35.5. The number of hydrogen-bond donors (Lipinski definition) is 1. The fourth-order valence-corrected chi connectivity index (χ4v) is 2.87. The molecule has 0 atom stereocenters. The van der Waals surface area contributed by atoms with Crippen molar-refractivity contribution >= 4 is 34.8 Å². The Bertz CT molecular complexity index is 865. The van der Waals surface area contributed by atoms with Crippen molar-refractivity contribution in [2.45, 2.75) is 33.7 Å². The van der Waals surface area contributed by atoms with Gasteiger partial charge in [-0.2, -0.15) is 9.78 Å². The van der Waals surface area contributed by atoms with E-state index in [1.165, 1.54) is 10.9 Å². The molecule has 1 aromatic heterocycles. The summed E-state index contributed by atoms with van der Waals surface area (Å²) in [5.41, 5.74) is 1.39. The second-order valence-electron chi connectivity index (χ2n) is 6.23. The van der Waals surface area contributed by atoms with E-state index in [0.29, 0.717) is 22.9 Å². The molecule has 0 unspecified atom stereocenters. The Kier molecular flexibility index (Phi) is 6.67. The van der Waals surface area contributed by atoms with Crippen molar-refractivity contribution in [3.05, 3.63) is 50.4 Å². The molecule has 2 aromatic rings. The lowest BCUT2D eigenvalue weighted by Crippen LogP contribution is -2.41. The third kappa shape index (κ3) is 4.56. The van der Waals surface area contributed by atoms with Gasteiger partial charge < -0.3 is 10.2 Å². The molecule has 6 nitrogen and oxygen atoms in total. The van der Waals surface area contributed by atoms with Gasteiger partial charge in [0.15, 0.2) is 0 Å². The van der Waals surface area contributed by atoms with Crippen molar-refractivity contribution in [1.82, 2.24) is 15.1 Å². The molecule has 1 N–H and O–H groups in total. The minimum absolute atomic E-state index is 0.0101. The van der Waals surface area contributed by atoms with Gasteiger partial charge in [0.25, 0.3) is 5.56 Å². The third-order valence-corrected chi connectivity index (χ3v) is 4.57. The van der Waals surface area contributed by atoms with E-state index in [2.05, 4.69) is 10.4 Å². The number of aryl methyl sites for hydroxylation is 1. The maximum Gasteiger partial charge on any atom is 0.292 e. The molecule has 26 heavy (non-hydrogen) atoms. The van der Waals surface area contributed by atoms with E-state index in [9.17, 15) is 9.59 Å². The maximum absolute atomic E-state index is 12.7. The zero-order valence-corrected chi connectivity index (χ0v) is 16.7. The Hall–Kier alpha value is -2.05. The van der Waals surface area contributed by atoms with Gasteiger partial charge in [-0.05, 0) is 45.4 Å². The summed E-state index contributed by atoms with van der Waals surface area (Å²) in [6.45, 7) is 8.12. The quantitative estimate of drug-likeness (QED) is 0.813. The molecule has 0 bridgehead atoms. The summed E-state index contributed by atoms with van der Waals surface area (Å²) in [5, 5.41) is 7.57. The number of carbonyl (C=O) groups is 1. The molecule has 0 spiro atoms. The standard InChI is InChI=1S/C18H22Cl2N4O2/c1-5-23(10-16(25)22-11(2)3)15-9-21-24(18(26)17(15)20)13-7-6-12(4)14(19)8-13/h6-9,11H,5,10H2,1-4H3,(H,22,25). The van der Waals surface area contributed by atoms with Crippen molar-refractivity contribution in [3.63, 3.8) is 0 Å². The number of amides is 1. The van der Waals surface area contributed by atoms with Crippen LogP contribution >= 0.6 is 23.2 Å². The summed E-state index contributed by atoms with van der Waals surface area (Å²) in [4.78, 5) is 26.4. The van der Waals surface area contributed by atoms with Crippen molar-refractivity contribution in [2.75, 3.05) is 18.0 Å². The predicted octanol–water partition coefficient (Wildman–Crippen LogP) is 3.20. The Morgan fingerprint density at radius 2 is 2.04 bits per heavy atom. The average molecular weight is 397 g/mol. The van der Waals surface area contributed by atoms with Crippen LogP contribution in [0.3, 0.4) is 0 Å². The van der Waals surface area contributed by atoms with E-state index < -0.39 is 5.56 Å². The van der Waals surface area contributed by atoms with Gasteiger partial charge in [0.05, 0.1) is 24.1 Å². The first-order valence-corrected chi connectivity index (χ1v) is 9.08. The topological polar surface area (TPSA) is 67.2 Å². The number of nitrogens with zero attached hydrogens (tertiary/aromatic N) is 3. The molecule has 0 radical (unpaired) electrons. The van der Waals surface area contributed by atoms with Crippen molar-refractivity contribution in [3.8, 4) is 5.69 Å². The molecule has 0 saturated carbocycles. The fourth-order valence-electron chi connectivity index (χ4n) is 2.45. The molecule has 1 heterocycles. The number of hydrogen-bond acceptors (Lipinski definition) is 4. The van der Waals surface area contributed by atoms with E-state index in [1.807, 2.05) is 33.8 Å². The Labute approximate surface area is 162 Å². The van der Waals surface area contributed by atoms with Crippen LogP contribution in [-0.4, -0.2) is 34.8 Å². The first kappa shape index (κ1) is 20.3. The molecule has 0 saturated heterocycles. The fraction of sp³-hybridized carbons (Fsp3) is 0.389. The Morgan fingerprint density at radius 3 is 2.62 bits per heavy atom. The van der Waals surface area contributed by atoms with Gasteiger partial charge in [0, 0.05) is 17.6 Å². The van der Waals surface area contributed by atoms with Gasteiger partial charge in [0.2, 0.25) is 5.91 Å². The molecule has 0 aliphatic heterocycles. The summed E-state index contributed by atoms with van der Waals surface area (Å²) in [6, 6.07) is 5.25. The van der Waals surface area contributed by atoms with E-state index in [0.717, 1.165) is 5.56 Å². The van der Waals surface area contributed by atoms with Crippen LogP contribution in [0.5, 0.6) is 0 Å². The average Bonchev–Trinajstić information content (AvgIpc) is 2.57. The highest BCUT2D eigenvalue weighted by Crippen LogP contribution is 2.23.